The monoisotopic (exact) mass is 256 g/mol. The zero-order valence-electron chi connectivity index (χ0n) is 11.8. The Kier molecular flexibility index (Phi) is 4.15. The number of hydrogen-bond acceptors (Lipinski definition) is 2. The van der Waals surface area contributed by atoms with Gasteiger partial charge in [-0.1, -0.05) is 30.3 Å². The Morgan fingerprint density at radius 1 is 1.16 bits per heavy atom. The SMILES string of the molecule is Cc1nn(CCCC(=O)c2ccccc2)c(C)c1C. The minimum atomic E-state index is 0.207. The number of carbonyl (C=O) groups is 1. The van der Waals surface area contributed by atoms with Crippen molar-refractivity contribution < 1.29 is 4.79 Å². The molecule has 3 nitrogen and oxygen atoms in total. The van der Waals surface area contributed by atoms with Gasteiger partial charge in [-0.3, -0.25) is 9.48 Å². The molecule has 1 aromatic carbocycles. The largest absolute Gasteiger partial charge is 0.294 e. The highest BCUT2D eigenvalue weighted by molar-refractivity contribution is 5.95. The van der Waals surface area contributed by atoms with E-state index in [0.29, 0.717) is 6.42 Å². The van der Waals surface area contributed by atoms with Crippen molar-refractivity contribution in [3.8, 4) is 0 Å². The molecular weight excluding hydrogens is 236 g/mol. The van der Waals surface area contributed by atoms with Gasteiger partial charge in [-0.2, -0.15) is 5.10 Å². The van der Waals surface area contributed by atoms with E-state index < -0.39 is 0 Å². The summed E-state index contributed by atoms with van der Waals surface area (Å²) in [4.78, 5) is 12.0. The molecule has 3 heteroatoms. The Hall–Kier alpha value is -1.90. The van der Waals surface area contributed by atoms with Gasteiger partial charge in [-0.05, 0) is 32.8 Å². The fraction of sp³-hybridized carbons (Fsp3) is 0.375. The first kappa shape index (κ1) is 13.5. The van der Waals surface area contributed by atoms with Gasteiger partial charge in [0.1, 0.15) is 0 Å². The predicted molar refractivity (Wildman–Crippen MR) is 76.4 cm³/mol. The van der Waals surface area contributed by atoms with Crippen LogP contribution in [0.25, 0.3) is 0 Å². The zero-order chi connectivity index (χ0) is 13.8. The summed E-state index contributed by atoms with van der Waals surface area (Å²) in [7, 11) is 0. The lowest BCUT2D eigenvalue weighted by atomic mass is 10.1. The number of rotatable bonds is 5. The van der Waals surface area contributed by atoms with Gasteiger partial charge in [0, 0.05) is 24.2 Å². The molecule has 0 saturated carbocycles. The molecule has 0 aliphatic heterocycles. The Morgan fingerprint density at radius 2 is 1.84 bits per heavy atom. The Labute approximate surface area is 114 Å². The molecule has 0 radical (unpaired) electrons. The van der Waals surface area contributed by atoms with Crippen molar-refractivity contribution in [3.05, 3.63) is 52.8 Å². The van der Waals surface area contributed by atoms with Gasteiger partial charge in [-0.25, -0.2) is 0 Å². The molecule has 1 aromatic heterocycles. The lowest BCUT2D eigenvalue weighted by molar-refractivity contribution is 0.0978. The minimum absolute atomic E-state index is 0.207. The highest BCUT2D eigenvalue weighted by Crippen LogP contribution is 2.12. The van der Waals surface area contributed by atoms with Crippen LogP contribution in [0.4, 0.5) is 0 Å². The lowest BCUT2D eigenvalue weighted by Gasteiger charge is -2.04. The number of Topliss-reactive ketones (excluding diaryl/α,β-unsaturated/α-hetero) is 1. The van der Waals surface area contributed by atoms with E-state index in [2.05, 4.69) is 18.9 Å². The molecular formula is C16H20N2O. The molecule has 1 heterocycles. The van der Waals surface area contributed by atoms with Gasteiger partial charge in [0.05, 0.1) is 5.69 Å². The van der Waals surface area contributed by atoms with Gasteiger partial charge in [0.25, 0.3) is 0 Å². The summed E-state index contributed by atoms with van der Waals surface area (Å²) in [6.07, 6.45) is 1.40. The second-order valence-electron chi connectivity index (χ2n) is 4.91. The first-order valence-corrected chi connectivity index (χ1v) is 6.68. The van der Waals surface area contributed by atoms with Gasteiger partial charge in [-0.15, -0.1) is 0 Å². The van der Waals surface area contributed by atoms with Gasteiger partial charge < -0.3 is 0 Å². The predicted octanol–water partition coefficient (Wildman–Crippen LogP) is 3.47. The number of carbonyl (C=O) groups excluding carboxylic acids is 1. The van der Waals surface area contributed by atoms with E-state index in [1.54, 1.807) is 0 Å². The van der Waals surface area contributed by atoms with Crippen LogP contribution in [0.1, 0.15) is 40.2 Å². The molecule has 0 aliphatic carbocycles. The number of ketones is 1. The third-order valence-electron chi connectivity index (χ3n) is 3.61. The van der Waals surface area contributed by atoms with Crippen molar-refractivity contribution in [1.29, 1.82) is 0 Å². The van der Waals surface area contributed by atoms with Crippen LogP contribution in [-0.4, -0.2) is 15.6 Å². The third-order valence-corrected chi connectivity index (χ3v) is 3.61. The van der Waals surface area contributed by atoms with Crippen LogP contribution in [-0.2, 0) is 6.54 Å². The van der Waals surface area contributed by atoms with Crippen LogP contribution in [0.15, 0.2) is 30.3 Å². The number of nitrogens with zero attached hydrogens (tertiary/aromatic N) is 2. The first-order chi connectivity index (χ1) is 9.09. The van der Waals surface area contributed by atoms with E-state index in [9.17, 15) is 4.79 Å². The van der Waals surface area contributed by atoms with Crippen molar-refractivity contribution in [1.82, 2.24) is 9.78 Å². The molecule has 0 spiro atoms. The van der Waals surface area contributed by atoms with Crippen molar-refractivity contribution >= 4 is 5.78 Å². The summed E-state index contributed by atoms with van der Waals surface area (Å²) in [5.41, 5.74) is 4.32. The topological polar surface area (TPSA) is 34.9 Å². The fourth-order valence-electron chi connectivity index (χ4n) is 2.16. The zero-order valence-corrected chi connectivity index (χ0v) is 11.8. The second-order valence-corrected chi connectivity index (χ2v) is 4.91. The molecule has 0 aliphatic rings. The average molecular weight is 256 g/mol. The molecule has 0 amide bonds. The summed E-state index contributed by atoms with van der Waals surface area (Å²) in [6.45, 7) is 6.99. The number of hydrogen-bond donors (Lipinski definition) is 0. The minimum Gasteiger partial charge on any atom is -0.294 e. The molecule has 0 saturated heterocycles. The maximum absolute atomic E-state index is 12.0. The van der Waals surface area contributed by atoms with Crippen LogP contribution in [0.2, 0.25) is 0 Å². The Morgan fingerprint density at radius 3 is 2.42 bits per heavy atom. The van der Waals surface area contributed by atoms with E-state index >= 15 is 0 Å². The van der Waals surface area contributed by atoms with Gasteiger partial charge in [0.2, 0.25) is 0 Å². The van der Waals surface area contributed by atoms with E-state index in [1.807, 2.05) is 41.9 Å². The normalized spacial score (nSPS) is 10.7. The lowest BCUT2D eigenvalue weighted by Crippen LogP contribution is -2.06. The van der Waals surface area contributed by atoms with E-state index in [1.165, 1.54) is 11.3 Å². The molecule has 19 heavy (non-hydrogen) atoms. The van der Waals surface area contributed by atoms with Crippen LogP contribution in [0.5, 0.6) is 0 Å². The second kappa shape index (κ2) is 5.83. The summed E-state index contributed by atoms with van der Waals surface area (Å²) in [5, 5.41) is 4.48. The summed E-state index contributed by atoms with van der Waals surface area (Å²) in [5.74, 6) is 0.207. The van der Waals surface area contributed by atoms with Gasteiger partial charge in [0.15, 0.2) is 5.78 Å². The average Bonchev–Trinajstić information content (AvgIpc) is 2.67. The molecule has 2 aromatic rings. The maximum Gasteiger partial charge on any atom is 0.162 e. The Balaban J connectivity index is 1.90. The maximum atomic E-state index is 12.0. The van der Waals surface area contributed by atoms with Crippen LogP contribution in [0, 0.1) is 20.8 Å². The highest BCUT2D eigenvalue weighted by Gasteiger charge is 2.08. The standard InChI is InChI=1S/C16H20N2O/c1-12-13(2)17-18(14(12)3)11-7-10-16(19)15-8-5-4-6-9-15/h4-6,8-9H,7,10-11H2,1-3H3. The number of benzene rings is 1. The molecule has 0 atom stereocenters. The summed E-state index contributed by atoms with van der Waals surface area (Å²) >= 11 is 0. The fourth-order valence-corrected chi connectivity index (χ4v) is 2.16. The molecule has 0 fully saturated rings. The van der Waals surface area contributed by atoms with E-state index in [4.69, 9.17) is 0 Å². The van der Waals surface area contributed by atoms with Crippen molar-refractivity contribution in [2.24, 2.45) is 0 Å². The smallest absolute Gasteiger partial charge is 0.162 e. The molecule has 0 bridgehead atoms. The summed E-state index contributed by atoms with van der Waals surface area (Å²) in [6, 6.07) is 9.47. The van der Waals surface area contributed by atoms with Crippen LogP contribution in [0.3, 0.4) is 0 Å². The molecule has 2 rings (SSSR count). The molecule has 0 N–H and O–H groups in total. The first-order valence-electron chi connectivity index (χ1n) is 6.68. The van der Waals surface area contributed by atoms with Crippen LogP contribution >= 0.6 is 0 Å². The van der Waals surface area contributed by atoms with Crippen molar-refractivity contribution in [2.75, 3.05) is 0 Å². The van der Waals surface area contributed by atoms with Crippen LogP contribution < -0.4 is 0 Å². The molecule has 0 unspecified atom stereocenters. The van der Waals surface area contributed by atoms with Crippen molar-refractivity contribution in [3.63, 3.8) is 0 Å². The highest BCUT2D eigenvalue weighted by atomic mass is 16.1. The summed E-state index contributed by atoms with van der Waals surface area (Å²) < 4.78 is 2.00. The van der Waals surface area contributed by atoms with E-state index in [0.717, 1.165) is 24.2 Å². The number of aryl methyl sites for hydroxylation is 2. The van der Waals surface area contributed by atoms with E-state index in [-0.39, 0.29) is 5.78 Å². The number of aromatic nitrogens is 2. The quantitative estimate of drug-likeness (QED) is 0.768. The third kappa shape index (κ3) is 3.11. The Bertz CT molecular complexity index is 570. The van der Waals surface area contributed by atoms with Gasteiger partial charge >= 0.3 is 0 Å². The van der Waals surface area contributed by atoms with Crippen molar-refractivity contribution in [2.45, 2.75) is 40.2 Å². The molecule has 100 valence electrons.